The molecule has 7 nitrogen and oxygen atoms in total. The third-order valence-electron chi connectivity index (χ3n) is 7.90. The monoisotopic (exact) mass is 601 g/mol. The van der Waals surface area contributed by atoms with E-state index in [1.165, 1.54) is 31.2 Å². The number of nitrogens with zero attached hydrogens (tertiary/aromatic N) is 2. The Morgan fingerprint density at radius 2 is 1.74 bits per heavy atom. The Hall–Kier alpha value is -3.44. The number of aromatic nitrogens is 1. The summed E-state index contributed by atoms with van der Waals surface area (Å²) < 4.78 is 69.2. The van der Waals surface area contributed by atoms with Crippen LogP contribution in [0.2, 0.25) is 0 Å². The summed E-state index contributed by atoms with van der Waals surface area (Å²) in [6, 6.07) is 15.3. The predicted octanol–water partition coefficient (Wildman–Crippen LogP) is 5.61. The van der Waals surface area contributed by atoms with Crippen LogP contribution < -0.4 is 10.2 Å². The van der Waals surface area contributed by atoms with Crippen molar-refractivity contribution in [1.82, 2.24) is 10.3 Å². The number of benzene rings is 2. The Balaban J connectivity index is 1.23. The van der Waals surface area contributed by atoms with E-state index in [2.05, 4.69) is 15.2 Å². The fraction of sp³-hybridized carbons (Fsp3) is 0.419. The summed E-state index contributed by atoms with van der Waals surface area (Å²) in [5.74, 6) is 1.02. The minimum Gasteiger partial charge on any atom is -0.379 e. The summed E-state index contributed by atoms with van der Waals surface area (Å²) in [6.45, 7) is 3.60. The number of hydrogen-bond acceptors (Lipinski definition) is 6. The van der Waals surface area contributed by atoms with Gasteiger partial charge in [0.15, 0.2) is 9.84 Å². The molecule has 224 valence electrons. The van der Waals surface area contributed by atoms with Crippen molar-refractivity contribution >= 4 is 21.6 Å². The molecule has 3 aromatic rings. The number of halogens is 3. The van der Waals surface area contributed by atoms with Crippen LogP contribution in [0.25, 0.3) is 0 Å². The summed E-state index contributed by atoms with van der Waals surface area (Å²) in [6.07, 6.45) is 0.215. The van der Waals surface area contributed by atoms with Gasteiger partial charge in [-0.15, -0.1) is 0 Å². The van der Waals surface area contributed by atoms with Gasteiger partial charge < -0.3 is 15.0 Å². The predicted molar refractivity (Wildman–Crippen MR) is 153 cm³/mol. The van der Waals surface area contributed by atoms with Crippen LogP contribution in [0.15, 0.2) is 71.8 Å². The molecule has 2 atom stereocenters. The molecule has 1 saturated carbocycles. The number of hydrogen-bond donors (Lipinski definition) is 1. The maximum atomic E-state index is 13.1. The van der Waals surface area contributed by atoms with Crippen molar-refractivity contribution in [2.75, 3.05) is 30.4 Å². The number of rotatable bonds is 11. The van der Waals surface area contributed by atoms with Crippen LogP contribution >= 0.6 is 0 Å². The fourth-order valence-electron chi connectivity index (χ4n) is 5.15. The number of sulfone groups is 1. The van der Waals surface area contributed by atoms with E-state index >= 15 is 0 Å². The van der Waals surface area contributed by atoms with E-state index in [0.29, 0.717) is 37.1 Å². The molecule has 0 bridgehead atoms. The van der Waals surface area contributed by atoms with Crippen LogP contribution in [-0.2, 0) is 27.3 Å². The first-order valence-corrected chi connectivity index (χ1v) is 15.8. The Bertz CT molecular complexity index is 1470. The Morgan fingerprint density at radius 1 is 1.02 bits per heavy atom. The zero-order chi connectivity index (χ0) is 29.9. The van der Waals surface area contributed by atoms with Crippen LogP contribution in [0.5, 0.6) is 0 Å². The van der Waals surface area contributed by atoms with Gasteiger partial charge in [0.25, 0.3) is 5.91 Å². The van der Waals surface area contributed by atoms with Crippen molar-refractivity contribution < 1.29 is 31.1 Å². The zero-order valence-corrected chi connectivity index (χ0v) is 24.1. The Morgan fingerprint density at radius 3 is 2.33 bits per heavy atom. The molecule has 2 fully saturated rings. The van der Waals surface area contributed by atoms with Crippen molar-refractivity contribution in [2.24, 2.45) is 5.92 Å². The molecule has 1 aliphatic heterocycles. The van der Waals surface area contributed by atoms with Gasteiger partial charge in [0.05, 0.1) is 34.4 Å². The lowest BCUT2D eigenvalue weighted by Crippen LogP contribution is -2.34. The number of carbonyl (C=O) groups is 1. The van der Waals surface area contributed by atoms with E-state index in [1.807, 2.05) is 0 Å². The van der Waals surface area contributed by atoms with Crippen molar-refractivity contribution in [3.05, 3.63) is 89.1 Å². The van der Waals surface area contributed by atoms with Crippen molar-refractivity contribution in [1.29, 1.82) is 0 Å². The standard InChI is InChI=1S/C31H34F3N3O4S/c1-2-42(39,40)28-12-5-21(6-13-28)16-36-30(38)24-9-14-29(35-17-24)37-18-25(15-27(37)20-41-19-22-3-4-22)23-7-10-26(11-8-23)31(32,33)34/h5-14,17,22,25,27H,2-4,15-16,18-20H2,1H3,(H,36,38)/t25?,27-/m0/s1. The molecule has 42 heavy (non-hydrogen) atoms. The minimum atomic E-state index is -4.38. The number of alkyl halides is 3. The average Bonchev–Trinajstić information content (AvgIpc) is 3.72. The summed E-state index contributed by atoms with van der Waals surface area (Å²) in [7, 11) is -3.29. The second-order valence-corrected chi connectivity index (χ2v) is 13.3. The third-order valence-corrected chi connectivity index (χ3v) is 9.65. The summed E-state index contributed by atoms with van der Waals surface area (Å²) in [4.78, 5) is 19.7. The van der Waals surface area contributed by atoms with Gasteiger partial charge in [0.1, 0.15) is 5.82 Å². The SMILES string of the molecule is CCS(=O)(=O)c1ccc(CNC(=O)c2ccc(N3CC(c4ccc(C(F)(F)F)cc4)C[C@H]3COCC3CC3)nc2)cc1. The van der Waals surface area contributed by atoms with E-state index in [0.717, 1.165) is 29.7 Å². The van der Waals surface area contributed by atoms with Crippen molar-refractivity contribution in [3.63, 3.8) is 0 Å². The number of anilines is 1. The second kappa shape index (κ2) is 12.4. The molecular weight excluding hydrogens is 567 g/mol. The maximum Gasteiger partial charge on any atom is 0.416 e. The first-order chi connectivity index (χ1) is 20.0. The molecule has 1 aromatic heterocycles. The fourth-order valence-corrected chi connectivity index (χ4v) is 6.04. The molecule has 2 aromatic carbocycles. The number of pyridine rings is 1. The lowest BCUT2D eigenvalue weighted by Gasteiger charge is -2.25. The van der Waals surface area contributed by atoms with E-state index in [-0.39, 0.29) is 35.1 Å². The van der Waals surface area contributed by atoms with Gasteiger partial charge in [-0.25, -0.2) is 13.4 Å². The van der Waals surface area contributed by atoms with Gasteiger partial charge in [0.2, 0.25) is 0 Å². The van der Waals surface area contributed by atoms with Gasteiger partial charge in [-0.1, -0.05) is 31.2 Å². The van der Waals surface area contributed by atoms with Gasteiger partial charge in [-0.3, -0.25) is 4.79 Å². The van der Waals surface area contributed by atoms with Crippen LogP contribution in [0.3, 0.4) is 0 Å². The first kappa shape index (κ1) is 30.0. The van der Waals surface area contributed by atoms with Crippen molar-refractivity contribution in [3.8, 4) is 0 Å². The second-order valence-electron chi connectivity index (χ2n) is 11.0. The topological polar surface area (TPSA) is 88.6 Å². The van der Waals surface area contributed by atoms with E-state index in [4.69, 9.17) is 4.74 Å². The molecule has 2 heterocycles. The van der Waals surface area contributed by atoms with Gasteiger partial charge in [0, 0.05) is 31.8 Å². The Kier molecular flexibility index (Phi) is 8.89. The highest BCUT2D eigenvalue weighted by atomic mass is 32.2. The zero-order valence-electron chi connectivity index (χ0n) is 23.3. The van der Waals surface area contributed by atoms with Gasteiger partial charge >= 0.3 is 6.18 Å². The molecule has 0 radical (unpaired) electrons. The number of ether oxygens (including phenoxy) is 1. The van der Waals surface area contributed by atoms with Crippen LogP contribution in [0.1, 0.15) is 59.2 Å². The molecule has 1 saturated heterocycles. The number of amides is 1. The smallest absolute Gasteiger partial charge is 0.379 e. The highest BCUT2D eigenvalue weighted by Gasteiger charge is 2.36. The normalized spacial score (nSPS) is 19.2. The van der Waals surface area contributed by atoms with Crippen LogP contribution in [-0.4, -0.2) is 50.9 Å². The minimum absolute atomic E-state index is 0.00251. The molecular formula is C31H34F3N3O4S. The van der Waals surface area contributed by atoms with Crippen LogP contribution in [0, 0.1) is 5.92 Å². The molecule has 0 spiro atoms. The summed E-state index contributed by atoms with van der Waals surface area (Å²) >= 11 is 0. The molecule has 1 amide bonds. The third kappa shape index (κ3) is 7.30. The van der Waals surface area contributed by atoms with Gasteiger partial charge in [-0.05, 0) is 72.7 Å². The maximum absolute atomic E-state index is 13.1. The summed E-state index contributed by atoms with van der Waals surface area (Å²) in [5, 5.41) is 2.83. The van der Waals surface area contributed by atoms with Crippen molar-refractivity contribution in [2.45, 2.75) is 55.8 Å². The molecule has 1 unspecified atom stereocenters. The van der Waals surface area contributed by atoms with E-state index in [9.17, 15) is 26.4 Å². The number of carbonyl (C=O) groups excluding carboxylic acids is 1. The average molecular weight is 602 g/mol. The molecule has 11 heteroatoms. The highest BCUT2D eigenvalue weighted by molar-refractivity contribution is 7.91. The van der Waals surface area contributed by atoms with E-state index < -0.39 is 21.6 Å². The lowest BCUT2D eigenvalue weighted by molar-refractivity contribution is -0.137. The molecule has 2 aliphatic rings. The quantitative estimate of drug-likeness (QED) is 0.307. The van der Waals surface area contributed by atoms with Gasteiger partial charge in [-0.2, -0.15) is 13.2 Å². The largest absolute Gasteiger partial charge is 0.416 e. The lowest BCUT2D eigenvalue weighted by atomic mass is 9.95. The number of nitrogens with one attached hydrogen (secondary N) is 1. The molecule has 5 rings (SSSR count). The molecule has 1 N–H and O–H groups in total. The molecule has 1 aliphatic carbocycles. The first-order valence-electron chi connectivity index (χ1n) is 14.1. The Labute approximate surface area is 244 Å². The van der Waals surface area contributed by atoms with Crippen LogP contribution in [0.4, 0.5) is 19.0 Å². The summed E-state index contributed by atoms with van der Waals surface area (Å²) in [5.41, 5.74) is 1.32. The highest BCUT2D eigenvalue weighted by Crippen LogP contribution is 2.37. The van der Waals surface area contributed by atoms with E-state index in [1.54, 1.807) is 43.3 Å².